The standard InChI is InChI=1S/C19H22N2O3/c1-14-7-3-4-9-17(14)21(13-16-8-6-12-24-16)19(23)18-10-5-11-20(18)15(2)22/h3-4,6-9,12,18H,5,10-11,13H2,1-2H3/t18-/m1/s1. The van der Waals surface area contributed by atoms with Crippen molar-refractivity contribution in [1.82, 2.24) is 4.90 Å². The molecule has 0 unspecified atom stereocenters. The minimum atomic E-state index is -0.392. The highest BCUT2D eigenvalue weighted by Crippen LogP contribution is 2.27. The minimum absolute atomic E-state index is 0.0476. The van der Waals surface area contributed by atoms with Crippen LogP contribution < -0.4 is 4.90 Å². The highest BCUT2D eigenvalue weighted by atomic mass is 16.3. The van der Waals surface area contributed by atoms with Gasteiger partial charge in [0.1, 0.15) is 11.8 Å². The summed E-state index contributed by atoms with van der Waals surface area (Å²) in [5.41, 5.74) is 1.87. The van der Waals surface area contributed by atoms with Gasteiger partial charge in [-0.05, 0) is 43.5 Å². The molecule has 5 nitrogen and oxygen atoms in total. The lowest BCUT2D eigenvalue weighted by Crippen LogP contribution is -2.47. The van der Waals surface area contributed by atoms with E-state index in [9.17, 15) is 9.59 Å². The van der Waals surface area contributed by atoms with E-state index in [4.69, 9.17) is 4.42 Å². The van der Waals surface area contributed by atoms with Gasteiger partial charge in [-0.3, -0.25) is 9.59 Å². The number of likely N-dealkylation sites (tertiary alicyclic amines) is 1. The molecule has 1 fully saturated rings. The van der Waals surface area contributed by atoms with Gasteiger partial charge in [0.15, 0.2) is 0 Å². The Bertz CT molecular complexity index is 724. The summed E-state index contributed by atoms with van der Waals surface area (Å²) < 4.78 is 5.44. The molecule has 24 heavy (non-hydrogen) atoms. The third-order valence-corrected chi connectivity index (χ3v) is 4.51. The van der Waals surface area contributed by atoms with Gasteiger partial charge in [-0.2, -0.15) is 0 Å². The molecule has 2 heterocycles. The molecule has 0 saturated carbocycles. The Morgan fingerprint density at radius 3 is 2.71 bits per heavy atom. The fourth-order valence-corrected chi connectivity index (χ4v) is 3.29. The summed E-state index contributed by atoms with van der Waals surface area (Å²) in [6.07, 6.45) is 3.17. The first-order chi connectivity index (χ1) is 11.6. The zero-order chi connectivity index (χ0) is 17.1. The van der Waals surface area contributed by atoms with Crippen LogP contribution in [0.4, 0.5) is 5.69 Å². The molecule has 0 spiro atoms. The molecule has 0 aliphatic carbocycles. The number of aryl methyl sites for hydroxylation is 1. The number of carbonyl (C=O) groups is 2. The van der Waals surface area contributed by atoms with Crippen LogP contribution in [0.1, 0.15) is 31.1 Å². The SMILES string of the molecule is CC(=O)N1CCC[C@@H]1C(=O)N(Cc1ccco1)c1ccccc1C. The van der Waals surface area contributed by atoms with E-state index in [1.807, 2.05) is 43.3 Å². The summed E-state index contributed by atoms with van der Waals surface area (Å²) in [4.78, 5) is 28.5. The van der Waals surface area contributed by atoms with Crippen LogP contribution >= 0.6 is 0 Å². The smallest absolute Gasteiger partial charge is 0.250 e. The molecule has 0 bridgehead atoms. The molecule has 1 atom stereocenters. The summed E-state index contributed by atoms with van der Waals surface area (Å²) in [7, 11) is 0. The fourth-order valence-electron chi connectivity index (χ4n) is 3.29. The van der Waals surface area contributed by atoms with Crippen LogP contribution in [0.5, 0.6) is 0 Å². The van der Waals surface area contributed by atoms with Crippen molar-refractivity contribution < 1.29 is 14.0 Å². The molecular formula is C19H22N2O3. The van der Waals surface area contributed by atoms with E-state index in [2.05, 4.69) is 0 Å². The van der Waals surface area contributed by atoms with Crippen molar-refractivity contribution >= 4 is 17.5 Å². The van der Waals surface area contributed by atoms with E-state index in [0.717, 1.165) is 23.4 Å². The van der Waals surface area contributed by atoms with Gasteiger partial charge in [0, 0.05) is 19.2 Å². The zero-order valence-corrected chi connectivity index (χ0v) is 14.1. The quantitative estimate of drug-likeness (QED) is 0.867. The lowest BCUT2D eigenvalue weighted by molar-refractivity contribution is -0.135. The topological polar surface area (TPSA) is 53.8 Å². The third-order valence-electron chi connectivity index (χ3n) is 4.51. The number of benzene rings is 1. The number of amides is 2. The second-order valence-electron chi connectivity index (χ2n) is 6.16. The number of hydrogen-bond donors (Lipinski definition) is 0. The van der Waals surface area contributed by atoms with Gasteiger partial charge in [0.25, 0.3) is 0 Å². The molecule has 1 saturated heterocycles. The monoisotopic (exact) mass is 326 g/mol. The number of rotatable bonds is 4. The maximum absolute atomic E-state index is 13.2. The van der Waals surface area contributed by atoms with Gasteiger partial charge in [-0.15, -0.1) is 0 Å². The lowest BCUT2D eigenvalue weighted by Gasteiger charge is -2.30. The Balaban J connectivity index is 1.93. The van der Waals surface area contributed by atoms with Crippen molar-refractivity contribution in [3.63, 3.8) is 0 Å². The Hall–Kier alpha value is -2.56. The average Bonchev–Trinajstić information content (AvgIpc) is 3.24. The zero-order valence-electron chi connectivity index (χ0n) is 14.1. The van der Waals surface area contributed by atoms with Crippen LogP contribution in [0.2, 0.25) is 0 Å². The predicted molar refractivity (Wildman–Crippen MR) is 91.5 cm³/mol. The molecule has 1 aromatic carbocycles. The van der Waals surface area contributed by atoms with Crippen molar-refractivity contribution in [2.45, 2.75) is 39.3 Å². The summed E-state index contributed by atoms with van der Waals surface area (Å²) in [6, 6.07) is 11.1. The van der Waals surface area contributed by atoms with Crippen LogP contribution in [0.15, 0.2) is 47.1 Å². The largest absolute Gasteiger partial charge is 0.467 e. The van der Waals surface area contributed by atoms with Gasteiger partial charge >= 0.3 is 0 Å². The lowest BCUT2D eigenvalue weighted by atomic mass is 10.1. The minimum Gasteiger partial charge on any atom is -0.467 e. The summed E-state index contributed by atoms with van der Waals surface area (Å²) >= 11 is 0. The molecule has 2 amide bonds. The Kier molecular flexibility index (Phi) is 4.69. The number of anilines is 1. The molecule has 0 radical (unpaired) electrons. The van der Waals surface area contributed by atoms with E-state index in [-0.39, 0.29) is 11.8 Å². The van der Waals surface area contributed by atoms with Crippen LogP contribution in [0, 0.1) is 6.92 Å². The van der Waals surface area contributed by atoms with Crippen LogP contribution in [0.25, 0.3) is 0 Å². The Labute approximate surface area is 141 Å². The van der Waals surface area contributed by atoms with Crippen molar-refractivity contribution in [1.29, 1.82) is 0 Å². The highest BCUT2D eigenvalue weighted by Gasteiger charge is 2.36. The number of carbonyl (C=O) groups excluding carboxylic acids is 2. The number of hydrogen-bond acceptors (Lipinski definition) is 3. The second-order valence-corrected chi connectivity index (χ2v) is 6.16. The van der Waals surface area contributed by atoms with Gasteiger partial charge in [0.2, 0.25) is 11.8 Å². The molecular weight excluding hydrogens is 304 g/mol. The van der Waals surface area contributed by atoms with Crippen molar-refractivity contribution in [2.75, 3.05) is 11.4 Å². The molecule has 5 heteroatoms. The van der Waals surface area contributed by atoms with E-state index in [1.54, 1.807) is 16.1 Å². The van der Waals surface area contributed by atoms with Gasteiger partial charge in [-0.1, -0.05) is 18.2 Å². The average molecular weight is 326 g/mol. The molecule has 3 rings (SSSR count). The first-order valence-electron chi connectivity index (χ1n) is 8.24. The van der Waals surface area contributed by atoms with Gasteiger partial charge < -0.3 is 14.2 Å². The van der Waals surface area contributed by atoms with E-state index >= 15 is 0 Å². The summed E-state index contributed by atoms with van der Waals surface area (Å²) in [5, 5.41) is 0. The van der Waals surface area contributed by atoms with E-state index in [0.29, 0.717) is 19.5 Å². The number of para-hydroxylation sites is 1. The van der Waals surface area contributed by atoms with Crippen LogP contribution in [-0.4, -0.2) is 29.3 Å². The van der Waals surface area contributed by atoms with Crippen molar-refractivity contribution in [3.8, 4) is 0 Å². The Morgan fingerprint density at radius 2 is 2.04 bits per heavy atom. The molecule has 1 aliphatic heterocycles. The number of nitrogens with zero attached hydrogens (tertiary/aromatic N) is 2. The third kappa shape index (κ3) is 3.20. The van der Waals surface area contributed by atoms with E-state index < -0.39 is 6.04 Å². The van der Waals surface area contributed by atoms with Gasteiger partial charge in [0.05, 0.1) is 12.8 Å². The Morgan fingerprint density at radius 1 is 1.25 bits per heavy atom. The normalized spacial score (nSPS) is 17.1. The molecule has 0 N–H and O–H groups in total. The fraction of sp³-hybridized carbons (Fsp3) is 0.368. The van der Waals surface area contributed by atoms with Crippen LogP contribution in [0.3, 0.4) is 0 Å². The van der Waals surface area contributed by atoms with Crippen molar-refractivity contribution in [3.05, 3.63) is 54.0 Å². The number of furan rings is 1. The molecule has 126 valence electrons. The molecule has 1 aromatic heterocycles. The van der Waals surface area contributed by atoms with Crippen molar-refractivity contribution in [2.24, 2.45) is 0 Å². The molecule has 1 aliphatic rings. The highest BCUT2D eigenvalue weighted by molar-refractivity contribution is 5.99. The molecule has 2 aromatic rings. The van der Waals surface area contributed by atoms with Crippen LogP contribution in [-0.2, 0) is 16.1 Å². The van der Waals surface area contributed by atoms with Gasteiger partial charge in [-0.25, -0.2) is 0 Å². The summed E-state index contributed by atoms with van der Waals surface area (Å²) in [5.74, 6) is 0.626. The second kappa shape index (κ2) is 6.91. The maximum Gasteiger partial charge on any atom is 0.250 e. The van der Waals surface area contributed by atoms with E-state index in [1.165, 1.54) is 6.92 Å². The first-order valence-corrected chi connectivity index (χ1v) is 8.24. The predicted octanol–water partition coefficient (Wildman–Crippen LogP) is 3.13. The summed E-state index contributed by atoms with van der Waals surface area (Å²) in [6.45, 7) is 4.51. The maximum atomic E-state index is 13.2. The first kappa shape index (κ1) is 16.3.